The maximum atomic E-state index is 12.7. The average Bonchev–Trinajstić information content (AvgIpc) is 2.73. The second kappa shape index (κ2) is 9.37. The molecule has 3 rings (SSSR count). The van der Waals surface area contributed by atoms with Crippen LogP contribution >= 0.6 is 15.9 Å². The van der Waals surface area contributed by atoms with Gasteiger partial charge in [-0.15, -0.1) is 0 Å². The standard InChI is InChI=1S/C22H21BrN2O3/c1-15(19-10-6-7-11-24-19)25-22(26)17-12-18(23)21(20(13-17)27-2)28-14-16-8-4-3-5-9-16/h3-13,15H,14H2,1-2H3,(H,25,26)/t15-/m1/s1. The maximum absolute atomic E-state index is 12.7. The summed E-state index contributed by atoms with van der Waals surface area (Å²) in [7, 11) is 1.55. The van der Waals surface area contributed by atoms with Crippen molar-refractivity contribution in [2.75, 3.05) is 7.11 Å². The van der Waals surface area contributed by atoms with E-state index in [1.807, 2.05) is 55.5 Å². The van der Waals surface area contributed by atoms with Crippen LogP contribution in [0.2, 0.25) is 0 Å². The third-order valence-electron chi connectivity index (χ3n) is 4.20. The Morgan fingerprint density at radius 3 is 2.57 bits per heavy atom. The lowest BCUT2D eigenvalue weighted by Gasteiger charge is -2.16. The number of ether oxygens (including phenoxy) is 2. The van der Waals surface area contributed by atoms with Crippen molar-refractivity contribution in [2.45, 2.75) is 19.6 Å². The molecule has 2 aromatic carbocycles. The van der Waals surface area contributed by atoms with Gasteiger partial charge in [-0.25, -0.2) is 0 Å². The molecular weight excluding hydrogens is 420 g/mol. The third-order valence-corrected chi connectivity index (χ3v) is 4.79. The summed E-state index contributed by atoms with van der Waals surface area (Å²) in [6.07, 6.45) is 1.70. The molecule has 1 aromatic heterocycles. The van der Waals surface area contributed by atoms with Crippen LogP contribution in [-0.2, 0) is 6.61 Å². The van der Waals surface area contributed by atoms with Crippen LogP contribution in [0, 0.1) is 0 Å². The van der Waals surface area contributed by atoms with Crippen molar-refractivity contribution in [3.63, 3.8) is 0 Å². The number of hydrogen-bond donors (Lipinski definition) is 1. The van der Waals surface area contributed by atoms with E-state index < -0.39 is 0 Å². The zero-order chi connectivity index (χ0) is 19.9. The highest BCUT2D eigenvalue weighted by Crippen LogP contribution is 2.37. The van der Waals surface area contributed by atoms with Gasteiger partial charge in [0.15, 0.2) is 11.5 Å². The number of amides is 1. The normalized spacial score (nSPS) is 11.5. The van der Waals surface area contributed by atoms with Gasteiger partial charge in [-0.3, -0.25) is 9.78 Å². The Bertz CT molecular complexity index is 933. The lowest BCUT2D eigenvalue weighted by Crippen LogP contribution is -2.27. The van der Waals surface area contributed by atoms with E-state index in [0.29, 0.717) is 28.1 Å². The monoisotopic (exact) mass is 440 g/mol. The van der Waals surface area contributed by atoms with Crippen molar-refractivity contribution in [1.29, 1.82) is 0 Å². The number of nitrogens with zero attached hydrogens (tertiary/aromatic N) is 1. The Morgan fingerprint density at radius 2 is 1.89 bits per heavy atom. The number of nitrogens with one attached hydrogen (secondary N) is 1. The number of benzene rings is 2. The number of pyridine rings is 1. The van der Waals surface area contributed by atoms with Crippen molar-refractivity contribution in [3.05, 3.63) is 88.2 Å². The summed E-state index contributed by atoms with van der Waals surface area (Å²) >= 11 is 3.49. The molecule has 0 unspecified atom stereocenters. The molecule has 1 atom stereocenters. The highest BCUT2D eigenvalue weighted by molar-refractivity contribution is 9.10. The van der Waals surface area contributed by atoms with Crippen molar-refractivity contribution >= 4 is 21.8 Å². The molecule has 5 nitrogen and oxygen atoms in total. The molecule has 0 aliphatic carbocycles. The number of carbonyl (C=O) groups excluding carboxylic acids is 1. The molecule has 0 aliphatic rings. The zero-order valence-electron chi connectivity index (χ0n) is 15.7. The lowest BCUT2D eigenvalue weighted by atomic mass is 10.1. The van der Waals surface area contributed by atoms with Crippen molar-refractivity contribution in [2.24, 2.45) is 0 Å². The highest BCUT2D eigenvalue weighted by Gasteiger charge is 2.18. The van der Waals surface area contributed by atoms with Gasteiger partial charge >= 0.3 is 0 Å². The quantitative estimate of drug-likeness (QED) is 0.565. The summed E-state index contributed by atoms with van der Waals surface area (Å²) in [6, 6.07) is 18.6. The molecule has 0 saturated heterocycles. The molecule has 0 radical (unpaired) electrons. The van der Waals surface area contributed by atoms with Crippen LogP contribution in [0.5, 0.6) is 11.5 Å². The fourth-order valence-corrected chi connectivity index (χ4v) is 3.26. The fourth-order valence-electron chi connectivity index (χ4n) is 2.71. The molecule has 28 heavy (non-hydrogen) atoms. The molecule has 0 fully saturated rings. The van der Waals surface area contributed by atoms with E-state index in [2.05, 4.69) is 26.2 Å². The molecule has 0 aliphatic heterocycles. The van der Waals surface area contributed by atoms with Gasteiger partial charge in [-0.2, -0.15) is 0 Å². The second-order valence-corrected chi connectivity index (χ2v) is 7.07. The van der Waals surface area contributed by atoms with Gasteiger partial charge in [0, 0.05) is 11.8 Å². The van der Waals surface area contributed by atoms with E-state index in [1.54, 1.807) is 25.4 Å². The SMILES string of the molecule is COc1cc(C(=O)N[C@H](C)c2ccccn2)cc(Br)c1OCc1ccccc1. The minimum atomic E-state index is -0.216. The van der Waals surface area contributed by atoms with Gasteiger partial charge in [0.2, 0.25) is 0 Å². The Kier molecular flexibility index (Phi) is 6.66. The van der Waals surface area contributed by atoms with Gasteiger partial charge < -0.3 is 14.8 Å². The van der Waals surface area contributed by atoms with Crippen molar-refractivity contribution in [1.82, 2.24) is 10.3 Å². The van der Waals surface area contributed by atoms with Gasteiger partial charge in [0.25, 0.3) is 5.91 Å². The summed E-state index contributed by atoms with van der Waals surface area (Å²) in [6.45, 7) is 2.29. The minimum absolute atomic E-state index is 0.215. The highest BCUT2D eigenvalue weighted by atomic mass is 79.9. The maximum Gasteiger partial charge on any atom is 0.251 e. The van der Waals surface area contributed by atoms with E-state index in [4.69, 9.17) is 9.47 Å². The zero-order valence-corrected chi connectivity index (χ0v) is 17.3. The van der Waals surface area contributed by atoms with E-state index >= 15 is 0 Å². The first-order valence-electron chi connectivity index (χ1n) is 8.84. The van der Waals surface area contributed by atoms with Crippen LogP contribution < -0.4 is 14.8 Å². The van der Waals surface area contributed by atoms with Crippen LogP contribution in [0.15, 0.2) is 71.3 Å². The Labute approximate surface area is 172 Å². The summed E-state index contributed by atoms with van der Waals surface area (Å²) in [5.74, 6) is 0.827. The Hall–Kier alpha value is -2.86. The first-order chi connectivity index (χ1) is 13.6. The number of carbonyl (C=O) groups is 1. The van der Waals surface area contributed by atoms with Crippen LogP contribution in [0.3, 0.4) is 0 Å². The largest absolute Gasteiger partial charge is 0.493 e. The number of aromatic nitrogens is 1. The minimum Gasteiger partial charge on any atom is -0.493 e. The van der Waals surface area contributed by atoms with E-state index in [-0.39, 0.29) is 11.9 Å². The van der Waals surface area contributed by atoms with E-state index in [0.717, 1.165) is 11.3 Å². The van der Waals surface area contributed by atoms with Gasteiger partial charge in [-0.05, 0) is 52.7 Å². The van der Waals surface area contributed by atoms with Gasteiger partial charge in [0.05, 0.1) is 23.3 Å². The molecule has 1 N–H and O–H groups in total. The molecule has 3 aromatic rings. The molecule has 1 amide bonds. The van der Waals surface area contributed by atoms with Gasteiger partial charge in [0.1, 0.15) is 6.61 Å². The van der Waals surface area contributed by atoms with E-state index in [9.17, 15) is 4.79 Å². The lowest BCUT2D eigenvalue weighted by molar-refractivity contribution is 0.0938. The predicted molar refractivity (Wildman–Crippen MR) is 112 cm³/mol. The topological polar surface area (TPSA) is 60.5 Å². The Morgan fingerprint density at radius 1 is 1.14 bits per heavy atom. The van der Waals surface area contributed by atoms with Crippen LogP contribution in [0.1, 0.15) is 34.6 Å². The summed E-state index contributed by atoms with van der Waals surface area (Å²) in [5.41, 5.74) is 2.31. The number of halogens is 1. The number of hydrogen-bond acceptors (Lipinski definition) is 4. The summed E-state index contributed by atoms with van der Waals surface area (Å²) < 4.78 is 12.0. The second-order valence-electron chi connectivity index (χ2n) is 6.21. The molecule has 6 heteroatoms. The van der Waals surface area contributed by atoms with Gasteiger partial charge in [-0.1, -0.05) is 36.4 Å². The molecule has 0 spiro atoms. The van der Waals surface area contributed by atoms with Crippen LogP contribution in [-0.4, -0.2) is 18.0 Å². The smallest absolute Gasteiger partial charge is 0.251 e. The molecule has 1 heterocycles. The predicted octanol–water partition coefficient (Wildman–Crippen LogP) is 4.92. The van der Waals surface area contributed by atoms with E-state index in [1.165, 1.54) is 0 Å². The fraction of sp³-hybridized carbons (Fsp3) is 0.182. The summed E-state index contributed by atoms with van der Waals surface area (Å²) in [5, 5.41) is 2.95. The molecule has 0 saturated carbocycles. The summed E-state index contributed by atoms with van der Waals surface area (Å²) in [4.78, 5) is 17.0. The van der Waals surface area contributed by atoms with Crippen molar-refractivity contribution in [3.8, 4) is 11.5 Å². The first kappa shape index (κ1) is 19.9. The third kappa shape index (κ3) is 4.89. The molecular formula is C22H21BrN2O3. The average molecular weight is 441 g/mol. The number of methoxy groups -OCH3 is 1. The first-order valence-corrected chi connectivity index (χ1v) is 9.64. The molecule has 144 valence electrons. The van der Waals surface area contributed by atoms with Crippen molar-refractivity contribution < 1.29 is 14.3 Å². The molecule has 0 bridgehead atoms. The number of rotatable bonds is 7. The van der Waals surface area contributed by atoms with Crippen LogP contribution in [0.25, 0.3) is 0 Å². The van der Waals surface area contributed by atoms with Crippen LogP contribution in [0.4, 0.5) is 0 Å². The Balaban J connectivity index is 1.75.